The number of amides is 3. The van der Waals surface area contributed by atoms with E-state index in [4.69, 9.17) is 10.8 Å². The molecule has 184 valence electrons. The number of hydrogen-bond donors (Lipinski definition) is 8. The number of aliphatic hydroxyl groups excluding tert-OH is 1. The molecule has 0 radical (unpaired) electrons. The Balaban J connectivity index is 2.33. The summed E-state index contributed by atoms with van der Waals surface area (Å²) in [5, 5.41) is 35.5. The summed E-state index contributed by atoms with van der Waals surface area (Å²) in [6.07, 6.45) is -0.691. The summed E-state index contributed by atoms with van der Waals surface area (Å²) in [6, 6.07) is 2.60. The Morgan fingerprint density at radius 3 is 2.24 bits per heavy atom. The number of aromatic nitrogens is 1. The number of rotatable bonds is 12. The molecule has 13 heteroatoms. The van der Waals surface area contributed by atoms with Crippen molar-refractivity contribution in [1.82, 2.24) is 20.9 Å². The van der Waals surface area contributed by atoms with Gasteiger partial charge in [0.25, 0.3) is 0 Å². The van der Waals surface area contributed by atoms with E-state index in [0.29, 0.717) is 5.56 Å². The minimum atomic E-state index is -1.65. The minimum absolute atomic E-state index is 0.0988. The molecule has 34 heavy (non-hydrogen) atoms. The summed E-state index contributed by atoms with van der Waals surface area (Å²) >= 11 is 0. The number of benzene rings is 1. The first-order valence-electron chi connectivity index (χ1n) is 10.3. The Labute approximate surface area is 193 Å². The van der Waals surface area contributed by atoms with Crippen LogP contribution in [-0.4, -0.2) is 80.7 Å². The normalized spacial score (nSPS) is 14.4. The summed E-state index contributed by atoms with van der Waals surface area (Å²) in [7, 11) is 0. The fourth-order valence-corrected chi connectivity index (χ4v) is 3.28. The molecule has 0 aliphatic rings. The molecule has 1 aromatic carbocycles. The fourth-order valence-electron chi connectivity index (χ4n) is 3.28. The summed E-state index contributed by atoms with van der Waals surface area (Å²) in [4.78, 5) is 63.0. The lowest BCUT2D eigenvalue weighted by atomic mass is 10.0. The lowest BCUT2D eigenvalue weighted by molar-refractivity contribution is -0.145. The Kier molecular flexibility index (Phi) is 9.10. The lowest BCUT2D eigenvalue weighted by Gasteiger charge is -2.24. The van der Waals surface area contributed by atoms with Crippen LogP contribution in [0.2, 0.25) is 0 Å². The topological polar surface area (TPSA) is 224 Å². The van der Waals surface area contributed by atoms with Gasteiger partial charge in [-0.05, 0) is 18.6 Å². The van der Waals surface area contributed by atoms with Crippen LogP contribution in [0.15, 0.2) is 30.5 Å². The van der Waals surface area contributed by atoms with Crippen molar-refractivity contribution < 1.29 is 39.3 Å². The second-order valence-electron chi connectivity index (χ2n) is 7.61. The number of hydrogen-bond acceptors (Lipinski definition) is 7. The van der Waals surface area contributed by atoms with Crippen LogP contribution in [-0.2, 0) is 30.4 Å². The molecule has 4 unspecified atom stereocenters. The van der Waals surface area contributed by atoms with Crippen LogP contribution in [0, 0.1) is 0 Å². The van der Waals surface area contributed by atoms with Gasteiger partial charge >= 0.3 is 11.9 Å². The highest BCUT2D eigenvalue weighted by molar-refractivity contribution is 5.95. The van der Waals surface area contributed by atoms with Gasteiger partial charge in [-0.25, -0.2) is 4.79 Å². The number of nitrogens with two attached hydrogens (primary N) is 1. The molecule has 0 saturated heterocycles. The van der Waals surface area contributed by atoms with Crippen molar-refractivity contribution in [3.8, 4) is 0 Å². The quantitative estimate of drug-likeness (QED) is 0.170. The SMILES string of the molecule is CC(O)C(NC(=O)C(Cc1c[nH]c2ccccc12)NC(=O)C(CC(=O)O)NC(=O)CN)C(=O)O. The van der Waals surface area contributed by atoms with E-state index in [1.165, 1.54) is 6.92 Å². The van der Waals surface area contributed by atoms with Crippen molar-refractivity contribution in [3.05, 3.63) is 36.0 Å². The van der Waals surface area contributed by atoms with E-state index in [-0.39, 0.29) is 6.42 Å². The van der Waals surface area contributed by atoms with Gasteiger partial charge < -0.3 is 42.0 Å². The molecule has 0 aliphatic carbocycles. The van der Waals surface area contributed by atoms with Gasteiger partial charge in [-0.1, -0.05) is 18.2 Å². The summed E-state index contributed by atoms with van der Waals surface area (Å²) in [6.45, 7) is 0.689. The molecule has 0 bridgehead atoms. The first kappa shape index (κ1) is 26.3. The smallest absolute Gasteiger partial charge is 0.328 e. The van der Waals surface area contributed by atoms with Crippen LogP contribution in [0.1, 0.15) is 18.9 Å². The number of aliphatic carboxylic acids is 2. The molecule has 0 spiro atoms. The number of carboxylic acids is 2. The monoisotopic (exact) mass is 477 g/mol. The highest BCUT2D eigenvalue weighted by Crippen LogP contribution is 2.19. The van der Waals surface area contributed by atoms with Crippen molar-refractivity contribution in [1.29, 1.82) is 0 Å². The first-order chi connectivity index (χ1) is 16.0. The number of carbonyl (C=O) groups excluding carboxylic acids is 3. The van der Waals surface area contributed by atoms with Gasteiger partial charge in [0.2, 0.25) is 17.7 Å². The van der Waals surface area contributed by atoms with E-state index in [1.807, 2.05) is 0 Å². The molecule has 1 heterocycles. The molecule has 0 aliphatic heterocycles. The standard InChI is InChI=1S/C21H27N5O8/c1-10(27)18(21(33)34)26-20(32)14(6-11-9-23-13-5-3-2-4-12(11)13)25-19(31)15(7-17(29)30)24-16(28)8-22/h2-5,9-10,14-15,18,23,27H,6-8,22H2,1H3,(H,24,28)(H,25,31)(H,26,32)(H,29,30)(H,33,34). The van der Waals surface area contributed by atoms with Crippen LogP contribution >= 0.6 is 0 Å². The van der Waals surface area contributed by atoms with Gasteiger partial charge in [0.1, 0.15) is 12.1 Å². The first-order valence-corrected chi connectivity index (χ1v) is 10.3. The Morgan fingerprint density at radius 2 is 1.65 bits per heavy atom. The molecular weight excluding hydrogens is 450 g/mol. The van der Waals surface area contributed by atoms with Gasteiger partial charge in [0, 0.05) is 23.5 Å². The van der Waals surface area contributed by atoms with Gasteiger partial charge in [-0.3, -0.25) is 19.2 Å². The molecular formula is C21H27N5O8. The molecule has 2 rings (SSSR count). The Hall–Kier alpha value is -3.97. The molecule has 1 aromatic heterocycles. The van der Waals surface area contributed by atoms with Crippen LogP contribution < -0.4 is 21.7 Å². The number of para-hydroxylation sites is 1. The highest BCUT2D eigenvalue weighted by Gasteiger charge is 2.32. The molecule has 0 fully saturated rings. The van der Waals surface area contributed by atoms with Crippen molar-refractivity contribution in [2.24, 2.45) is 5.73 Å². The zero-order valence-corrected chi connectivity index (χ0v) is 18.3. The zero-order chi connectivity index (χ0) is 25.4. The molecule has 9 N–H and O–H groups in total. The predicted molar refractivity (Wildman–Crippen MR) is 118 cm³/mol. The number of fused-ring (bicyclic) bond motifs is 1. The van der Waals surface area contributed by atoms with Crippen LogP contribution in [0.5, 0.6) is 0 Å². The lowest BCUT2D eigenvalue weighted by Crippen LogP contribution is -2.58. The van der Waals surface area contributed by atoms with E-state index in [0.717, 1.165) is 10.9 Å². The third-order valence-corrected chi connectivity index (χ3v) is 4.99. The third-order valence-electron chi connectivity index (χ3n) is 4.99. The minimum Gasteiger partial charge on any atom is -0.481 e. The number of carbonyl (C=O) groups is 5. The molecule has 4 atom stereocenters. The van der Waals surface area contributed by atoms with Gasteiger partial charge in [-0.2, -0.15) is 0 Å². The Morgan fingerprint density at radius 1 is 1.00 bits per heavy atom. The van der Waals surface area contributed by atoms with E-state index < -0.39 is 66.9 Å². The van der Waals surface area contributed by atoms with Crippen molar-refractivity contribution >= 4 is 40.6 Å². The molecule has 0 saturated carbocycles. The number of nitrogens with one attached hydrogen (secondary N) is 4. The van der Waals surface area contributed by atoms with E-state index >= 15 is 0 Å². The summed E-state index contributed by atoms with van der Waals surface area (Å²) in [5.41, 5.74) is 6.59. The number of aliphatic hydroxyl groups is 1. The van der Waals surface area contributed by atoms with Gasteiger partial charge in [-0.15, -0.1) is 0 Å². The Bertz CT molecular complexity index is 1070. The van der Waals surface area contributed by atoms with E-state index in [1.54, 1.807) is 30.5 Å². The zero-order valence-electron chi connectivity index (χ0n) is 18.3. The van der Waals surface area contributed by atoms with E-state index in [2.05, 4.69) is 20.9 Å². The maximum atomic E-state index is 12.9. The van der Waals surface area contributed by atoms with Crippen molar-refractivity contribution in [3.63, 3.8) is 0 Å². The van der Waals surface area contributed by atoms with Crippen molar-refractivity contribution in [2.75, 3.05) is 6.54 Å². The van der Waals surface area contributed by atoms with Crippen LogP contribution in [0.3, 0.4) is 0 Å². The fraction of sp³-hybridized carbons (Fsp3) is 0.381. The average molecular weight is 477 g/mol. The largest absolute Gasteiger partial charge is 0.481 e. The number of carboxylic acid groups (broad SMARTS) is 2. The molecule has 13 nitrogen and oxygen atoms in total. The molecule has 3 amide bonds. The third kappa shape index (κ3) is 7.02. The summed E-state index contributed by atoms with van der Waals surface area (Å²) < 4.78 is 0. The second kappa shape index (κ2) is 11.8. The van der Waals surface area contributed by atoms with E-state index in [9.17, 15) is 34.2 Å². The van der Waals surface area contributed by atoms with Gasteiger partial charge in [0.15, 0.2) is 6.04 Å². The summed E-state index contributed by atoms with van der Waals surface area (Å²) in [5.74, 6) is -5.55. The average Bonchev–Trinajstić information content (AvgIpc) is 3.18. The highest BCUT2D eigenvalue weighted by atomic mass is 16.4. The second-order valence-corrected chi connectivity index (χ2v) is 7.61. The maximum absolute atomic E-state index is 12.9. The van der Waals surface area contributed by atoms with Gasteiger partial charge in [0.05, 0.1) is 19.1 Å². The number of H-pyrrole nitrogens is 1. The molecule has 2 aromatic rings. The van der Waals surface area contributed by atoms with Crippen LogP contribution in [0.25, 0.3) is 10.9 Å². The number of aromatic amines is 1. The van der Waals surface area contributed by atoms with Crippen molar-refractivity contribution in [2.45, 2.75) is 44.0 Å². The maximum Gasteiger partial charge on any atom is 0.328 e. The predicted octanol–water partition coefficient (Wildman–Crippen LogP) is -1.94. The van der Waals surface area contributed by atoms with Crippen LogP contribution in [0.4, 0.5) is 0 Å².